The summed E-state index contributed by atoms with van der Waals surface area (Å²) in [6, 6.07) is 15.9. The van der Waals surface area contributed by atoms with Crippen LogP contribution in [0.2, 0.25) is 0 Å². The number of rotatable bonds is 7. The van der Waals surface area contributed by atoms with Crippen molar-refractivity contribution in [3.8, 4) is 22.9 Å². The number of pyridine rings is 1. The minimum atomic E-state index is -0.0986. The smallest absolute Gasteiger partial charge is 0.228 e. The number of nitrogens with one attached hydrogen (secondary N) is 3. The van der Waals surface area contributed by atoms with Gasteiger partial charge in [0.25, 0.3) is 0 Å². The van der Waals surface area contributed by atoms with Crippen molar-refractivity contribution in [3.05, 3.63) is 66.5 Å². The first-order valence-electron chi connectivity index (χ1n) is 13.5. The molecule has 0 unspecified atom stereocenters. The number of carbonyl (C=O) groups is 1. The maximum absolute atomic E-state index is 12.7. The van der Waals surface area contributed by atoms with E-state index >= 15 is 0 Å². The van der Waals surface area contributed by atoms with E-state index in [4.69, 9.17) is 9.72 Å². The van der Waals surface area contributed by atoms with Gasteiger partial charge >= 0.3 is 0 Å². The number of ether oxygens (including phenoxy) is 1. The lowest BCUT2D eigenvalue weighted by Gasteiger charge is -2.23. The molecule has 0 aliphatic carbocycles. The zero-order chi connectivity index (χ0) is 27.4. The topological polar surface area (TPSA) is 101 Å². The summed E-state index contributed by atoms with van der Waals surface area (Å²) in [5.41, 5.74) is 3.13. The average Bonchev–Trinajstić information content (AvgIpc) is 2.90. The third-order valence-corrected chi connectivity index (χ3v) is 6.71. The van der Waals surface area contributed by atoms with Crippen LogP contribution in [0.1, 0.15) is 45.6 Å². The summed E-state index contributed by atoms with van der Waals surface area (Å²) >= 11 is 0. The number of amides is 1. The maximum Gasteiger partial charge on any atom is 0.228 e. The number of anilines is 2. The Hall–Kier alpha value is -4.04. The lowest BCUT2D eigenvalue weighted by Crippen LogP contribution is -2.38. The molecule has 2 aromatic carbocycles. The molecule has 8 nitrogen and oxygen atoms in total. The van der Waals surface area contributed by atoms with Crippen LogP contribution in [0.4, 0.5) is 11.6 Å². The van der Waals surface area contributed by atoms with Gasteiger partial charge in [0, 0.05) is 47.9 Å². The van der Waals surface area contributed by atoms with Crippen LogP contribution in [0, 0.1) is 12.3 Å². The van der Waals surface area contributed by atoms with Gasteiger partial charge in [-0.05, 0) is 61.6 Å². The standard InChI is InChI=1S/C31H36N6O2/c1-20-12-13-22-23(9-5-11-25(22)36-27(38)18-31(2,3)4)28(20)39-29-24(10-7-16-33-29)26-14-17-34-30(37-26)35-21-8-6-15-32-19-21/h5,7,9-14,16-17,21,32H,6,8,15,18-19H2,1-4H3,(H,36,38)(H,34,35,37)/t21-/m0/s1. The Morgan fingerprint density at radius 2 is 1.92 bits per heavy atom. The van der Waals surface area contributed by atoms with E-state index in [1.807, 2.05) is 55.5 Å². The molecule has 202 valence electrons. The van der Waals surface area contributed by atoms with Gasteiger partial charge in [-0.3, -0.25) is 4.79 Å². The molecule has 3 heterocycles. The van der Waals surface area contributed by atoms with E-state index in [2.05, 4.69) is 46.7 Å². The van der Waals surface area contributed by atoms with Crippen molar-refractivity contribution < 1.29 is 9.53 Å². The van der Waals surface area contributed by atoms with Crippen LogP contribution in [0.25, 0.3) is 22.0 Å². The van der Waals surface area contributed by atoms with Gasteiger partial charge in [0.15, 0.2) is 0 Å². The van der Waals surface area contributed by atoms with Crippen LogP contribution in [0.3, 0.4) is 0 Å². The molecule has 1 amide bonds. The molecule has 0 spiro atoms. The fourth-order valence-electron chi connectivity index (χ4n) is 4.86. The molecule has 1 saturated heterocycles. The van der Waals surface area contributed by atoms with Crippen molar-refractivity contribution in [1.29, 1.82) is 0 Å². The van der Waals surface area contributed by atoms with Gasteiger partial charge in [-0.1, -0.05) is 45.0 Å². The minimum absolute atomic E-state index is 0.0118. The number of fused-ring (bicyclic) bond motifs is 1. The van der Waals surface area contributed by atoms with Crippen molar-refractivity contribution in [3.63, 3.8) is 0 Å². The molecule has 1 atom stereocenters. The third-order valence-electron chi connectivity index (χ3n) is 6.71. The fraction of sp³-hybridized carbons (Fsp3) is 0.355. The molecule has 0 saturated carbocycles. The quantitative estimate of drug-likeness (QED) is 0.260. The summed E-state index contributed by atoms with van der Waals surface area (Å²) in [6.45, 7) is 10.1. The van der Waals surface area contributed by atoms with Crippen molar-refractivity contribution in [2.24, 2.45) is 5.41 Å². The van der Waals surface area contributed by atoms with E-state index in [0.29, 0.717) is 30.0 Å². The highest BCUT2D eigenvalue weighted by molar-refractivity contribution is 6.04. The largest absolute Gasteiger partial charge is 0.437 e. The first kappa shape index (κ1) is 26.6. The molecular weight excluding hydrogens is 488 g/mol. The maximum atomic E-state index is 12.7. The summed E-state index contributed by atoms with van der Waals surface area (Å²) < 4.78 is 6.52. The first-order valence-corrected chi connectivity index (χ1v) is 13.5. The summed E-state index contributed by atoms with van der Waals surface area (Å²) in [5.74, 6) is 1.73. The van der Waals surface area contributed by atoms with Gasteiger partial charge in [-0.25, -0.2) is 15.0 Å². The van der Waals surface area contributed by atoms with Gasteiger partial charge < -0.3 is 20.7 Å². The van der Waals surface area contributed by atoms with E-state index in [-0.39, 0.29) is 11.3 Å². The molecule has 8 heteroatoms. The van der Waals surface area contributed by atoms with Crippen molar-refractivity contribution in [2.45, 2.75) is 53.0 Å². The number of hydrogen-bond acceptors (Lipinski definition) is 7. The van der Waals surface area contributed by atoms with Crippen molar-refractivity contribution in [2.75, 3.05) is 23.7 Å². The van der Waals surface area contributed by atoms with Gasteiger partial charge in [-0.2, -0.15) is 0 Å². The highest BCUT2D eigenvalue weighted by atomic mass is 16.5. The fourth-order valence-corrected chi connectivity index (χ4v) is 4.86. The number of aromatic nitrogens is 3. The second-order valence-corrected chi connectivity index (χ2v) is 11.3. The number of hydrogen-bond donors (Lipinski definition) is 3. The molecule has 3 N–H and O–H groups in total. The molecule has 1 fully saturated rings. The molecule has 1 aliphatic heterocycles. The Labute approximate surface area is 229 Å². The summed E-state index contributed by atoms with van der Waals surface area (Å²) in [6.07, 6.45) is 6.12. The van der Waals surface area contributed by atoms with Crippen LogP contribution in [-0.4, -0.2) is 40.0 Å². The van der Waals surface area contributed by atoms with Gasteiger partial charge in [-0.15, -0.1) is 0 Å². The second kappa shape index (κ2) is 11.4. The van der Waals surface area contributed by atoms with Gasteiger partial charge in [0.05, 0.1) is 11.3 Å². The van der Waals surface area contributed by atoms with E-state index < -0.39 is 0 Å². The highest BCUT2D eigenvalue weighted by Crippen LogP contribution is 2.38. The Morgan fingerprint density at radius 3 is 2.72 bits per heavy atom. The molecule has 2 aromatic heterocycles. The zero-order valence-electron chi connectivity index (χ0n) is 23.0. The van der Waals surface area contributed by atoms with E-state index in [1.54, 1.807) is 12.4 Å². The lowest BCUT2D eigenvalue weighted by molar-refractivity contribution is -0.117. The van der Waals surface area contributed by atoms with E-state index in [9.17, 15) is 4.79 Å². The SMILES string of the molecule is Cc1ccc2c(NC(=O)CC(C)(C)C)cccc2c1Oc1ncccc1-c1ccnc(N[C@H]2CCCNC2)n1. The predicted octanol–water partition coefficient (Wildman–Crippen LogP) is 6.33. The normalized spacial score (nSPS) is 15.6. The van der Waals surface area contributed by atoms with Crippen LogP contribution in [0.5, 0.6) is 11.6 Å². The zero-order valence-corrected chi connectivity index (χ0v) is 23.0. The average molecular weight is 525 g/mol. The van der Waals surface area contributed by atoms with Crippen molar-refractivity contribution >= 4 is 28.3 Å². The Kier molecular flexibility index (Phi) is 7.74. The predicted molar refractivity (Wildman–Crippen MR) is 156 cm³/mol. The molecule has 1 aliphatic rings. The van der Waals surface area contributed by atoms with E-state index in [0.717, 1.165) is 59.2 Å². The third kappa shape index (κ3) is 6.52. The highest BCUT2D eigenvalue weighted by Gasteiger charge is 2.19. The summed E-state index contributed by atoms with van der Waals surface area (Å²) in [4.78, 5) is 26.5. The Balaban J connectivity index is 1.45. The monoisotopic (exact) mass is 524 g/mol. The Bertz CT molecular complexity index is 1470. The number of piperidine rings is 1. The van der Waals surface area contributed by atoms with Gasteiger partial charge in [0.1, 0.15) is 5.75 Å². The Morgan fingerprint density at radius 1 is 1.05 bits per heavy atom. The second-order valence-electron chi connectivity index (χ2n) is 11.3. The molecule has 5 rings (SSSR count). The van der Waals surface area contributed by atoms with E-state index in [1.165, 1.54) is 0 Å². The van der Waals surface area contributed by atoms with Crippen LogP contribution < -0.4 is 20.7 Å². The van der Waals surface area contributed by atoms with Crippen molar-refractivity contribution in [1.82, 2.24) is 20.3 Å². The molecule has 39 heavy (non-hydrogen) atoms. The number of carbonyl (C=O) groups excluding carboxylic acids is 1. The minimum Gasteiger partial charge on any atom is -0.437 e. The molecule has 0 bridgehead atoms. The lowest BCUT2D eigenvalue weighted by atomic mass is 9.92. The van der Waals surface area contributed by atoms with Crippen LogP contribution >= 0.6 is 0 Å². The summed E-state index contributed by atoms with van der Waals surface area (Å²) in [5, 5.41) is 11.8. The number of nitrogens with zero attached hydrogens (tertiary/aromatic N) is 3. The van der Waals surface area contributed by atoms with Crippen LogP contribution in [0.15, 0.2) is 60.9 Å². The first-order chi connectivity index (χ1) is 18.8. The number of aryl methyl sites for hydroxylation is 1. The van der Waals surface area contributed by atoms with Crippen LogP contribution in [-0.2, 0) is 4.79 Å². The molecular formula is C31H36N6O2. The number of benzene rings is 2. The molecule has 4 aromatic rings. The summed E-state index contributed by atoms with van der Waals surface area (Å²) in [7, 11) is 0. The molecule has 0 radical (unpaired) electrons. The van der Waals surface area contributed by atoms with Gasteiger partial charge in [0.2, 0.25) is 17.7 Å².